The van der Waals surface area contributed by atoms with E-state index in [1.54, 1.807) is 26.6 Å². The van der Waals surface area contributed by atoms with E-state index in [1.807, 2.05) is 47.3 Å². The van der Waals surface area contributed by atoms with Crippen molar-refractivity contribution in [2.75, 3.05) is 26.1 Å². The van der Waals surface area contributed by atoms with Crippen molar-refractivity contribution in [3.63, 3.8) is 0 Å². The van der Waals surface area contributed by atoms with Crippen molar-refractivity contribution >= 4 is 5.82 Å². The second-order valence-electron chi connectivity index (χ2n) is 6.09. The fourth-order valence-electron chi connectivity index (χ4n) is 2.87. The second-order valence-corrected chi connectivity index (χ2v) is 6.09. The van der Waals surface area contributed by atoms with Crippen molar-refractivity contribution in [1.29, 1.82) is 0 Å². The number of aromatic nitrogens is 5. The third kappa shape index (κ3) is 4.03. The Hall–Kier alpha value is -3.88. The quantitative estimate of drug-likeness (QED) is 0.488. The van der Waals surface area contributed by atoms with Gasteiger partial charge >= 0.3 is 0 Å². The monoisotopic (exact) mass is 392 g/mol. The first-order chi connectivity index (χ1) is 14.3. The maximum atomic E-state index is 5.44. The van der Waals surface area contributed by atoms with Crippen LogP contribution in [-0.4, -0.2) is 45.7 Å². The van der Waals surface area contributed by atoms with E-state index in [4.69, 9.17) is 14.0 Å². The van der Waals surface area contributed by atoms with Crippen LogP contribution in [-0.2, 0) is 6.54 Å². The van der Waals surface area contributed by atoms with Gasteiger partial charge in [-0.15, -0.1) is 0 Å². The minimum atomic E-state index is 0.375. The molecule has 0 aliphatic rings. The molecule has 0 aliphatic heterocycles. The molecule has 3 aromatic heterocycles. The number of anilines is 1. The summed E-state index contributed by atoms with van der Waals surface area (Å²) < 4.78 is 18.0. The van der Waals surface area contributed by atoms with Crippen LogP contribution in [0.15, 0.2) is 59.5 Å². The topological polar surface area (TPSA) is 100 Å². The van der Waals surface area contributed by atoms with Crippen molar-refractivity contribution < 1.29 is 14.0 Å². The highest BCUT2D eigenvalue weighted by atomic mass is 16.5. The van der Waals surface area contributed by atoms with Crippen LogP contribution in [0.25, 0.3) is 22.8 Å². The summed E-state index contributed by atoms with van der Waals surface area (Å²) in [5.41, 5.74) is 1.41. The predicted molar refractivity (Wildman–Crippen MR) is 107 cm³/mol. The van der Waals surface area contributed by atoms with Crippen molar-refractivity contribution in [3.05, 3.63) is 55.0 Å². The van der Waals surface area contributed by atoms with E-state index in [2.05, 4.69) is 25.5 Å². The van der Waals surface area contributed by atoms with Crippen molar-refractivity contribution in [3.8, 4) is 34.3 Å². The predicted octanol–water partition coefficient (Wildman–Crippen LogP) is 3.12. The Morgan fingerprint density at radius 1 is 1.10 bits per heavy atom. The fraction of sp³-hybridized carbons (Fsp3) is 0.200. The van der Waals surface area contributed by atoms with Crippen LogP contribution in [0.4, 0.5) is 5.82 Å². The molecule has 0 saturated heterocycles. The number of methoxy groups -OCH3 is 2. The van der Waals surface area contributed by atoms with Gasteiger partial charge in [0.1, 0.15) is 5.82 Å². The zero-order chi connectivity index (χ0) is 20.1. The molecule has 0 atom stereocenters. The molecule has 1 N–H and O–H groups in total. The normalized spacial score (nSPS) is 10.7. The van der Waals surface area contributed by atoms with Gasteiger partial charge in [0.15, 0.2) is 11.5 Å². The first-order valence-corrected chi connectivity index (χ1v) is 9.01. The summed E-state index contributed by atoms with van der Waals surface area (Å²) in [6.07, 6.45) is 5.37. The highest BCUT2D eigenvalue weighted by Crippen LogP contribution is 2.37. The van der Waals surface area contributed by atoms with E-state index < -0.39 is 0 Å². The van der Waals surface area contributed by atoms with Crippen LogP contribution in [0.3, 0.4) is 0 Å². The van der Waals surface area contributed by atoms with Gasteiger partial charge in [0, 0.05) is 25.1 Å². The average Bonchev–Trinajstić information content (AvgIpc) is 3.46. The van der Waals surface area contributed by atoms with Crippen LogP contribution in [0, 0.1) is 0 Å². The molecule has 148 valence electrons. The van der Waals surface area contributed by atoms with Gasteiger partial charge in [0.2, 0.25) is 5.82 Å². The van der Waals surface area contributed by atoms with E-state index in [1.165, 1.54) is 0 Å². The minimum Gasteiger partial charge on any atom is -0.493 e. The number of hydrogen-bond donors (Lipinski definition) is 1. The largest absolute Gasteiger partial charge is 0.493 e. The minimum absolute atomic E-state index is 0.375. The summed E-state index contributed by atoms with van der Waals surface area (Å²) in [6.45, 7) is 1.47. The van der Waals surface area contributed by atoms with Crippen LogP contribution < -0.4 is 14.8 Å². The molecule has 0 amide bonds. The lowest BCUT2D eigenvalue weighted by molar-refractivity contribution is 0.355. The Kier molecular flexibility index (Phi) is 5.37. The molecule has 0 radical (unpaired) electrons. The highest BCUT2D eigenvalue weighted by Gasteiger charge is 2.17. The van der Waals surface area contributed by atoms with Gasteiger partial charge in [-0.1, -0.05) is 11.2 Å². The molecule has 0 fully saturated rings. The summed E-state index contributed by atoms with van der Waals surface area (Å²) in [4.78, 5) is 8.88. The number of nitrogens with zero attached hydrogens (tertiary/aromatic N) is 5. The molecule has 0 spiro atoms. The molecule has 0 saturated carbocycles. The zero-order valence-electron chi connectivity index (χ0n) is 16.1. The molecular weight excluding hydrogens is 372 g/mol. The molecule has 4 rings (SSSR count). The number of ether oxygens (including phenoxy) is 2. The molecule has 4 aromatic rings. The van der Waals surface area contributed by atoms with Gasteiger partial charge in [0.25, 0.3) is 5.89 Å². The summed E-state index contributed by atoms with van der Waals surface area (Å²) in [5.74, 6) is 2.70. The number of para-hydroxylation sites is 1. The lowest BCUT2D eigenvalue weighted by atomic mass is 10.1. The van der Waals surface area contributed by atoms with E-state index >= 15 is 0 Å². The van der Waals surface area contributed by atoms with Gasteiger partial charge < -0.3 is 19.3 Å². The molecule has 0 unspecified atom stereocenters. The number of pyridine rings is 1. The van der Waals surface area contributed by atoms with E-state index in [9.17, 15) is 0 Å². The standard InChI is InChI=1S/C20H20N6O3/c1-27-16-6-3-5-15(18(16)28-2)19-24-20(29-25-19)14-7-8-17(22-13-14)21-10-12-26-11-4-9-23-26/h3-9,11,13H,10,12H2,1-2H3,(H,21,22). The highest BCUT2D eigenvalue weighted by molar-refractivity contribution is 5.69. The number of hydrogen-bond acceptors (Lipinski definition) is 8. The van der Waals surface area contributed by atoms with Gasteiger partial charge in [-0.2, -0.15) is 10.1 Å². The molecule has 29 heavy (non-hydrogen) atoms. The number of rotatable bonds is 8. The maximum absolute atomic E-state index is 5.44. The van der Waals surface area contributed by atoms with Crippen LogP contribution in [0.1, 0.15) is 0 Å². The van der Waals surface area contributed by atoms with E-state index in [0.29, 0.717) is 35.3 Å². The zero-order valence-corrected chi connectivity index (χ0v) is 16.1. The number of nitrogens with one attached hydrogen (secondary N) is 1. The lowest BCUT2D eigenvalue weighted by Crippen LogP contribution is -2.11. The van der Waals surface area contributed by atoms with Crippen LogP contribution in [0.5, 0.6) is 11.5 Å². The molecular formula is C20H20N6O3. The van der Waals surface area contributed by atoms with Gasteiger partial charge in [-0.25, -0.2) is 4.98 Å². The summed E-state index contributed by atoms with van der Waals surface area (Å²) >= 11 is 0. The van der Waals surface area contributed by atoms with Gasteiger partial charge in [-0.3, -0.25) is 4.68 Å². The third-order valence-electron chi connectivity index (χ3n) is 4.29. The summed E-state index contributed by atoms with van der Waals surface area (Å²) in [5, 5.41) is 11.5. The number of benzene rings is 1. The molecule has 1 aromatic carbocycles. The second kappa shape index (κ2) is 8.42. The van der Waals surface area contributed by atoms with Gasteiger partial charge in [0.05, 0.1) is 31.9 Å². The Morgan fingerprint density at radius 2 is 2.03 bits per heavy atom. The Balaban J connectivity index is 1.47. The SMILES string of the molecule is COc1cccc(-c2noc(-c3ccc(NCCn4cccn4)nc3)n2)c1OC. The molecule has 0 aliphatic carbocycles. The van der Waals surface area contributed by atoms with Crippen LogP contribution in [0.2, 0.25) is 0 Å². The molecule has 0 bridgehead atoms. The fourth-order valence-corrected chi connectivity index (χ4v) is 2.87. The van der Waals surface area contributed by atoms with Gasteiger partial charge in [-0.05, 0) is 30.3 Å². The van der Waals surface area contributed by atoms with Crippen molar-refractivity contribution in [2.24, 2.45) is 0 Å². The first-order valence-electron chi connectivity index (χ1n) is 9.01. The Labute approximate surface area is 167 Å². The Bertz CT molecular complexity index is 1060. The van der Waals surface area contributed by atoms with Crippen molar-refractivity contribution in [2.45, 2.75) is 6.54 Å². The lowest BCUT2D eigenvalue weighted by Gasteiger charge is -2.09. The smallest absolute Gasteiger partial charge is 0.259 e. The molecule has 3 heterocycles. The van der Waals surface area contributed by atoms with Crippen LogP contribution >= 0.6 is 0 Å². The summed E-state index contributed by atoms with van der Waals surface area (Å²) in [6, 6.07) is 11.1. The van der Waals surface area contributed by atoms with Crippen molar-refractivity contribution in [1.82, 2.24) is 24.9 Å². The van der Waals surface area contributed by atoms with E-state index in [0.717, 1.165) is 17.9 Å². The first kappa shape index (κ1) is 18.5. The Morgan fingerprint density at radius 3 is 2.76 bits per heavy atom. The molecule has 9 heteroatoms. The maximum Gasteiger partial charge on any atom is 0.259 e. The average molecular weight is 392 g/mol. The third-order valence-corrected chi connectivity index (χ3v) is 4.29. The van der Waals surface area contributed by atoms with E-state index in [-0.39, 0.29) is 0 Å². The summed E-state index contributed by atoms with van der Waals surface area (Å²) in [7, 11) is 3.16. The molecule has 9 nitrogen and oxygen atoms in total.